The SMILES string of the molecule is NC(C(=O)NCCOc1cccc(C(F)(F)F)c1)C1CCOCC1. The van der Waals surface area contributed by atoms with Crippen LogP contribution in [0.3, 0.4) is 0 Å². The Kier molecular flexibility index (Phi) is 6.44. The van der Waals surface area contributed by atoms with Gasteiger partial charge in [0, 0.05) is 13.2 Å². The lowest BCUT2D eigenvalue weighted by Crippen LogP contribution is -2.47. The molecule has 0 bridgehead atoms. The van der Waals surface area contributed by atoms with E-state index in [1.54, 1.807) is 0 Å². The van der Waals surface area contributed by atoms with Crippen molar-refractivity contribution in [3.8, 4) is 5.75 Å². The maximum atomic E-state index is 12.6. The molecule has 1 fully saturated rings. The summed E-state index contributed by atoms with van der Waals surface area (Å²) < 4.78 is 48.2. The fourth-order valence-electron chi connectivity index (χ4n) is 2.51. The molecule has 3 N–H and O–H groups in total. The van der Waals surface area contributed by atoms with E-state index >= 15 is 0 Å². The molecule has 0 spiro atoms. The number of amides is 1. The van der Waals surface area contributed by atoms with E-state index in [0.29, 0.717) is 13.2 Å². The molecule has 2 rings (SSSR count). The Morgan fingerprint density at radius 3 is 2.75 bits per heavy atom. The molecule has 24 heavy (non-hydrogen) atoms. The van der Waals surface area contributed by atoms with Crippen molar-refractivity contribution in [1.29, 1.82) is 0 Å². The highest BCUT2D eigenvalue weighted by Crippen LogP contribution is 2.31. The predicted molar refractivity (Wildman–Crippen MR) is 81.5 cm³/mol. The van der Waals surface area contributed by atoms with Gasteiger partial charge in [0.2, 0.25) is 5.91 Å². The monoisotopic (exact) mass is 346 g/mol. The van der Waals surface area contributed by atoms with Crippen LogP contribution in [0.2, 0.25) is 0 Å². The van der Waals surface area contributed by atoms with E-state index in [-0.39, 0.29) is 30.7 Å². The first-order valence-corrected chi connectivity index (χ1v) is 7.79. The van der Waals surface area contributed by atoms with E-state index < -0.39 is 17.8 Å². The van der Waals surface area contributed by atoms with Crippen LogP contribution in [0.1, 0.15) is 18.4 Å². The molecule has 0 aromatic heterocycles. The summed E-state index contributed by atoms with van der Waals surface area (Å²) in [6.07, 6.45) is -2.92. The minimum Gasteiger partial charge on any atom is -0.492 e. The minimum absolute atomic E-state index is 0.0630. The Morgan fingerprint density at radius 1 is 1.38 bits per heavy atom. The highest BCUT2D eigenvalue weighted by Gasteiger charge is 2.30. The van der Waals surface area contributed by atoms with Crippen LogP contribution >= 0.6 is 0 Å². The van der Waals surface area contributed by atoms with Gasteiger partial charge in [0.25, 0.3) is 0 Å². The number of benzene rings is 1. The second-order valence-electron chi connectivity index (χ2n) is 5.64. The van der Waals surface area contributed by atoms with Crippen molar-refractivity contribution in [3.63, 3.8) is 0 Å². The number of hydrogen-bond acceptors (Lipinski definition) is 4. The van der Waals surface area contributed by atoms with Gasteiger partial charge in [-0.1, -0.05) is 6.07 Å². The molecule has 1 aromatic carbocycles. The highest BCUT2D eigenvalue weighted by atomic mass is 19.4. The largest absolute Gasteiger partial charge is 0.492 e. The van der Waals surface area contributed by atoms with Gasteiger partial charge < -0.3 is 20.5 Å². The minimum atomic E-state index is -4.41. The molecule has 1 atom stereocenters. The van der Waals surface area contributed by atoms with Crippen molar-refractivity contribution in [2.75, 3.05) is 26.4 Å². The van der Waals surface area contributed by atoms with Gasteiger partial charge >= 0.3 is 6.18 Å². The van der Waals surface area contributed by atoms with E-state index in [1.807, 2.05) is 0 Å². The van der Waals surface area contributed by atoms with E-state index in [1.165, 1.54) is 12.1 Å². The zero-order valence-electron chi connectivity index (χ0n) is 13.1. The summed E-state index contributed by atoms with van der Waals surface area (Å²) in [4.78, 5) is 12.0. The molecular weight excluding hydrogens is 325 g/mol. The topological polar surface area (TPSA) is 73.6 Å². The summed E-state index contributed by atoms with van der Waals surface area (Å²) in [7, 11) is 0. The van der Waals surface area contributed by atoms with Crippen LogP contribution in [0.25, 0.3) is 0 Å². The standard InChI is InChI=1S/C16H21F3N2O3/c17-16(18,19)12-2-1-3-13(10-12)24-9-6-21-15(22)14(20)11-4-7-23-8-5-11/h1-3,10-11,14H,4-9,20H2,(H,21,22). The third kappa shape index (κ3) is 5.38. The van der Waals surface area contributed by atoms with E-state index in [0.717, 1.165) is 25.0 Å². The molecule has 1 heterocycles. The van der Waals surface area contributed by atoms with Crippen LogP contribution in [0.5, 0.6) is 5.75 Å². The van der Waals surface area contributed by atoms with E-state index in [9.17, 15) is 18.0 Å². The van der Waals surface area contributed by atoms with Crippen molar-refractivity contribution in [2.24, 2.45) is 11.7 Å². The molecule has 5 nitrogen and oxygen atoms in total. The van der Waals surface area contributed by atoms with Gasteiger partial charge in [-0.3, -0.25) is 4.79 Å². The Balaban J connectivity index is 1.73. The van der Waals surface area contributed by atoms with Crippen LogP contribution in [0.4, 0.5) is 13.2 Å². The number of ether oxygens (including phenoxy) is 2. The maximum Gasteiger partial charge on any atom is 0.416 e. The summed E-state index contributed by atoms with van der Waals surface area (Å²) in [5, 5.41) is 2.64. The van der Waals surface area contributed by atoms with Gasteiger partial charge in [-0.2, -0.15) is 13.2 Å². The number of rotatable bonds is 6. The Morgan fingerprint density at radius 2 is 2.08 bits per heavy atom. The number of carbonyl (C=O) groups excluding carboxylic acids is 1. The fraction of sp³-hybridized carbons (Fsp3) is 0.562. The second-order valence-corrected chi connectivity index (χ2v) is 5.64. The molecule has 1 aliphatic rings. The first-order valence-electron chi connectivity index (χ1n) is 7.79. The van der Waals surface area contributed by atoms with Gasteiger partial charge in [0.15, 0.2) is 0 Å². The van der Waals surface area contributed by atoms with Crippen LogP contribution in [0, 0.1) is 5.92 Å². The summed E-state index contributed by atoms with van der Waals surface area (Å²) in [6, 6.07) is 4.00. The quantitative estimate of drug-likeness (QED) is 0.772. The average Bonchev–Trinajstić information content (AvgIpc) is 2.58. The first-order chi connectivity index (χ1) is 11.4. The molecule has 1 saturated heterocycles. The fourth-order valence-corrected chi connectivity index (χ4v) is 2.51. The molecule has 0 saturated carbocycles. The van der Waals surface area contributed by atoms with Gasteiger partial charge in [0.1, 0.15) is 12.4 Å². The van der Waals surface area contributed by atoms with Gasteiger partial charge in [-0.25, -0.2) is 0 Å². The van der Waals surface area contributed by atoms with Gasteiger partial charge in [0.05, 0.1) is 18.2 Å². The average molecular weight is 346 g/mol. The normalized spacial score (nSPS) is 17.3. The molecule has 1 aromatic rings. The lowest BCUT2D eigenvalue weighted by atomic mass is 9.92. The third-order valence-corrected chi connectivity index (χ3v) is 3.91. The van der Waals surface area contributed by atoms with Crippen LogP contribution in [0.15, 0.2) is 24.3 Å². The van der Waals surface area contributed by atoms with Gasteiger partial charge in [-0.15, -0.1) is 0 Å². The molecular formula is C16H21F3N2O3. The smallest absolute Gasteiger partial charge is 0.416 e. The van der Waals surface area contributed by atoms with E-state index in [4.69, 9.17) is 15.2 Å². The molecule has 0 aliphatic carbocycles. The summed E-state index contributed by atoms with van der Waals surface area (Å²) in [6.45, 7) is 1.44. The predicted octanol–water partition coefficient (Wildman–Crippen LogP) is 1.95. The van der Waals surface area contributed by atoms with Crippen molar-refractivity contribution >= 4 is 5.91 Å². The number of carbonyl (C=O) groups is 1. The first kappa shape index (κ1) is 18.5. The zero-order valence-corrected chi connectivity index (χ0v) is 13.1. The Labute approximate surface area is 138 Å². The molecule has 1 unspecified atom stereocenters. The molecule has 1 aliphatic heterocycles. The van der Waals surface area contributed by atoms with Gasteiger partial charge in [-0.05, 0) is 37.0 Å². The molecule has 1 amide bonds. The summed E-state index contributed by atoms with van der Waals surface area (Å²) in [5.74, 6) is -0.0921. The molecule has 0 radical (unpaired) electrons. The van der Waals surface area contributed by atoms with Crippen molar-refractivity contribution < 1.29 is 27.4 Å². The van der Waals surface area contributed by atoms with Crippen LogP contribution in [-0.4, -0.2) is 38.3 Å². The second kappa shape index (κ2) is 8.34. The van der Waals surface area contributed by atoms with Crippen molar-refractivity contribution in [1.82, 2.24) is 5.32 Å². The third-order valence-electron chi connectivity index (χ3n) is 3.91. The Bertz CT molecular complexity index is 546. The Hall–Kier alpha value is -1.80. The summed E-state index contributed by atoms with van der Waals surface area (Å²) >= 11 is 0. The van der Waals surface area contributed by atoms with Crippen molar-refractivity contribution in [2.45, 2.75) is 25.1 Å². The number of nitrogens with one attached hydrogen (secondary N) is 1. The van der Waals surface area contributed by atoms with E-state index in [2.05, 4.69) is 5.32 Å². The number of nitrogens with two attached hydrogens (primary N) is 1. The van der Waals surface area contributed by atoms with Crippen LogP contribution < -0.4 is 15.8 Å². The lowest BCUT2D eigenvalue weighted by Gasteiger charge is -2.26. The van der Waals surface area contributed by atoms with Crippen molar-refractivity contribution in [3.05, 3.63) is 29.8 Å². The van der Waals surface area contributed by atoms with Crippen LogP contribution in [-0.2, 0) is 15.7 Å². The summed E-state index contributed by atoms with van der Waals surface area (Å²) in [5.41, 5.74) is 5.15. The zero-order chi connectivity index (χ0) is 17.6. The lowest BCUT2D eigenvalue weighted by molar-refractivity contribution is -0.137. The molecule has 8 heteroatoms. The maximum absolute atomic E-state index is 12.6. The number of alkyl halides is 3. The highest BCUT2D eigenvalue weighted by molar-refractivity contribution is 5.81. The number of halogens is 3. The molecule has 134 valence electrons. The number of hydrogen-bond donors (Lipinski definition) is 2.